The molecule has 38 heavy (non-hydrogen) atoms. The molecule has 12 heteroatoms. The lowest BCUT2D eigenvalue weighted by atomic mass is 10.1. The zero-order valence-electron chi connectivity index (χ0n) is 21.1. The number of thioether (sulfide) groups is 1. The van der Waals surface area contributed by atoms with Gasteiger partial charge in [0.25, 0.3) is 5.56 Å². The number of H-pyrrole nitrogens is 1. The summed E-state index contributed by atoms with van der Waals surface area (Å²) in [5.41, 5.74) is 4.60. The molecule has 0 aliphatic heterocycles. The lowest BCUT2D eigenvalue weighted by Crippen LogP contribution is -2.23. The second-order valence-electron chi connectivity index (χ2n) is 8.60. The third kappa shape index (κ3) is 4.89. The van der Waals surface area contributed by atoms with Gasteiger partial charge in [0.1, 0.15) is 10.4 Å². The van der Waals surface area contributed by atoms with E-state index in [9.17, 15) is 9.59 Å². The number of carbonyl (C=O) groups excluding carboxylic acids is 1. The monoisotopic (exact) mass is 564 g/mol. The van der Waals surface area contributed by atoms with Crippen LogP contribution in [0.4, 0.5) is 5.82 Å². The lowest BCUT2D eigenvalue weighted by Gasteiger charge is -2.15. The molecule has 9 nitrogen and oxygen atoms in total. The summed E-state index contributed by atoms with van der Waals surface area (Å²) in [4.78, 5) is 31.6. The smallest absolute Gasteiger partial charge is 0.278 e. The van der Waals surface area contributed by atoms with Crippen molar-refractivity contribution < 1.29 is 9.53 Å². The summed E-state index contributed by atoms with van der Waals surface area (Å²) in [6.07, 6.45) is 0. The molecule has 5 rings (SSSR count). The lowest BCUT2D eigenvalue weighted by molar-refractivity contribution is -0.113. The maximum absolute atomic E-state index is 14.0. The Labute approximate surface area is 231 Å². The summed E-state index contributed by atoms with van der Waals surface area (Å²) in [7, 11) is 1.54. The van der Waals surface area contributed by atoms with Crippen molar-refractivity contribution in [2.75, 3.05) is 18.2 Å². The summed E-state index contributed by atoms with van der Waals surface area (Å²) in [5.74, 6) is 0.665. The van der Waals surface area contributed by atoms with Crippen LogP contribution in [0.1, 0.15) is 16.8 Å². The van der Waals surface area contributed by atoms with Gasteiger partial charge in [0, 0.05) is 17.4 Å². The fourth-order valence-electron chi connectivity index (χ4n) is 3.94. The molecule has 0 aliphatic carbocycles. The van der Waals surface area contributed by atoms with Crippen LogP contribution in [0, 0.1) is 24.7 Å². The molecule has 0 saturated heterocycles. The highest BCUT2D eigenvalue weighted by atomic mass is 32.2. The molecule has 0 atom stereocenters. The number of ether oxygens (including phenoxy) is 1. The molecule has 0 fully saturated rings. The van der Waals surface area contributed by atoms with Crippen molar-refractivity contribution in [2.45, 2.75) is 25.9 Å². The van der Waals surface area contributed by atoms with E-state index in [0.29, 0.717) is 36.7 Å². The van der Waals surface area contributed by atoms with Gasteiger partial charge in [-0.15, -0.1) is 0 Å². The first-order chi connectivity index (χ1) is 18.3. The maximum atomic E-state index is 14.0. The molecule has 3 heterocycles. The molecule has 0 bridgehead atoms. The maximum Gasteiger partial charge on any atom is 0.278 e. The van der Waals surface area contributed by atoms with Gasteiger partial charge >= 0.3 is 0 Å². The number of fused-ring (bicyclic) bond motifs is 1. The second kappa shape index (κ2) is 10.6. The number of hydrogen-bond acceptors (Lipinski definition) is 8. The number of rotatable bonds is 7. The summed E-state index contributed by atoms with van der Waals surface area (Å²) in [5, 5.41) is 9.94. The molecule has 0 radical (unpaired) electrons. The van der Waals surface area contributed by atoms with Crippen molar-refractivity contribution in [1.29, 1.82) is 0 Å². The number of hydrogen-bond donors (Lipinski definition) is 2. The van der Waals surface area contributed by atoms with Crippen LogP contribution in [-0.4, -0.2) is 43.1 Å². The molecule has 0 saturated carbocycles. The zero-order chi connectivity index (χ0) is 27.0. The van der Waals surface area contributed by atoms with Crippen LogP contribution in [0.25, 0.3) is 21.7 Å². The minimum absolute atomic E-state index is 0.00745. The molecule has 0 spiro atoms. The molecular weight excluding hydrogens is 541 g/mol. The number of amides is 1. The van der Waals surface area contributed by atoms with E-state index in [4.69, 9.17) is 21.9 Å². The average molecular weight is 565 g/mol. The van der Waals surface area contributed by atoms with Crippen molar-refractivity contribution in [2.24, 2.45) is 0 Å². The molecule has 194 valence electrons. The van der Waals surface area contributed by atoms with Crippen LogP contribution < -0.4 is 15.6 Å². The van der Waals surface area contributed by atoms with E-state index in [-0.39, 0.29) is 17.2 Å². The molecule has 0 aliphatic rings. The van der Waals surface area contributed by atoms with Crippen LogP contribution in [-0.2, 0) is 4.79 Å². The summed E-state index contributed by atoms with van der Waals surface area (Å²) in [6, 6.07) is 14.9. The number of benzene rings is 2. The van der Waals surface area contributed by atoms with Crippen molar-refractivity contribution >= 4 is 57.4 Å². The summed E-state index contributed by atoms with van der Waals surface area (Å²) >= 11 is 8.05. The number of aromatic nitrogens is 5. The second-order valence-corrected chi connectivity index (χ2v) is 11.2. The van der Waals surface area contributed by atoms with E-state index in [1.807, 2.05) is 55.7 Å². The van der Waals surface area contributed by atoms with E-state index < -0.39 is 0 Å². The topological polar surface area (TPSA) is 107 Å². The first-order valence-electron chi connectivity index (χ1n) is 11.6. The minimum atomic E-state index is -0.288. The van der Waals surface area contributed by atoms with E-state index in [2.05, 4.69) is 15.5 Å². The van der Waals surface area contributed by atoms with Crippen LogP contribution in [0.15, 0.2) is 58.5 Å². The van der Waals surface area contributed by atoms with E-state index in [1.54, 1.807) is 25.3 Å². The number of nitrogens with zero attached hydrogens (tertiary/aromatic N) is 4. The third-order valence-corrected chi connectivity index (χ3v) is 8.25. The number of carbonyl (C=O) groups is 1. The van der Waals surface area contributed by atoms with Crippen molar-refractivity contribution in [3.63, 3.8) is 0 Å². The Kier molecular flexibility index (Phi) is 7.19. The van der Waals surface area contributed by atoms with Gasteiger partial charge in [0.2, 0.25) is 5.91 Å². The summed E-state index contributed by atoms with van der Waals surface area (Å²) < 4.78 is 9.76. The van der Waals surface area contributed by atoms with Crippen molar-refractivity contribution in [1.82, 2.24) is 24.3 Å². The van der Waals surface area contributed by atoms with Gasteiger partial charge < -0.3 is 10.1 Å². The predicted octanol–water partition coefficient (Wildman–Crippen LogP) is 5.36. The fraction of sp³-hybridized carbons (Fsp3) is 0.192. The molecule has 2 aromatic carbocycles. The minimum Gasteiger partial charge on any atom is -0.495 e. The van der Waals surface area contributed by atoms with Crippen LogP contribution in [0.5, 0.6) is 5.75 Å². The van der Waals surface area contributed by atoms with Gasteiger partial charge in [-0.25, -0.2) is 4.98 Å². The van der Waals surface area contributed by atoms with Crippen LogP contribution in [0.3, 0.4) is 0 Å². The molecule has 2 N–H and O–H groups in total. The van der Waals surface area contributed by atoms with E-state index in [0.717, 1.165) is 34.3 Å². The quantitative estimate of drug-likeness (QED) is 0.156. The molecular formula is C26H24N6O3S3. The van der Waals surface area contributed by atoms with Crippen LogP contribution in [0.2, 0.25) is 0 Å². The van der Waals surface area contributed by atoms with Gasteiger partial charge in [-0.3, -0.25) is 23.8 Å². The van der Waals surface area contributed by atoms with Crippen molar-refractivity contribution in [3.8, 4) is 17.1 Å². The molecule has 3 aromatic heterocycles. The number of anilines is 1. The fourth-order valence-corrected chi connectivity index (χ4v) is 6.04. The summed E-state index contributed by atoms with van der Waals surface area (Å²) in [6.45, 7) is 5.92. The van der Waals surface area contributed by atoms with E-state index in [1.165, 1.54) is 15.9 Å². The SMILES string of the molecule is COc1ccccc1-n1c(SCC(=O)Nc2cc(C)[nH]n2)nc2c(sc(=S)n2-c2ccc(C)c(C)c2)c1=O. The Balaban J connectivity index is 1.65. The number of nitrogens with one attached hydrogen (secondary N) is 2. The Morgan fingerprint density at radius 3 is 2.63 bits per heavy atom. The van der Waals surface area contributed by atoms with E-state index >= 15 is 0 Å². The van der Waals surface area contributed by atoms with Gasteiger partial charge in [-0.05, 0) is 68.4 Å². The number of para-hydroxylation sites is 2. The predicted molar refractivity (Wildman–Crippen MR) is 154 cm³/mol. The number of thiazole rings is 1. The number of methoxy groups -OCH3 is 1. The number of aromatic amines is 1. The third-order valence-electron chi connectivity index (χ3n) is 5.96. The van der Waals surface area contributed by atoms with Crippen molar-refractivity contribution in [3.05, 3.63) is 79.7 Å². The Morgan fingerprint density at radius 2 is 1.92 bits per heavy atom. The highest BCUT2D eigenvalue weighted by molar-refractivity contribution is 7.99. The highest BCUT2D eigenvalue weighted by Gasteiger charge is 2.21. The van der Waals surface area contributed by atoms with Gasteiger partial charge in [-0.2, -0.15) is 5.10 Å². The molecule has 5 aromatic rings. The van der Waals surface area contributed by atoms with Crippen LogP contribution >= 0.6 is 35.3 Å². The molecule has 1 amide bonds. The first-order valence-corrected chi connectivity index (χ1v) is 13.8. The average Bonchev–Trinajstić information content (AvgIpc) is 3.46. The Morgan fingerprint density at radius 1 is 1.13 bits per heavy atom. The normalized spacial score (nSPS) is 11.2. The standard InChI is InChI=1S/C26H24N6O3S3/c1-14-9-10-17(11-15(14)2)31-23-22(38-26(31)36)24(34)32(18-7-5-6-8-19(18)35-4)25(28-23)37-13-21(33)27-20-12-16(3)29-30-20/h5-12H,13H2,1-4H3,(H2,27,29,30,33). The van der Waals surface area contributed by atoms with Gasteiger partial charge in [-0.1, -0.05) is 41.3 Å². The highest BCUT2D eigenvalue weighted by Crippen LogP contribution is 2.30. The largest absolute Gasteiger partial charge is 0.495 e. The van der Waals surface area contributed by atoms with Gasteiger partial charge in [0.05, 0.1) is 18.6 Å². The molecule has 0 unspecified atom stereocenters. The van der Waals surface area contributed by atoms with Gasteiger partial charge in [0.15, 0.2) is 20.6 Å². The number of aryl methyl sites for hydroxylation is 3. The first kappa shape index (κ1) is 25.9. The zero-order valence-corrected chi connectivity index (χ0v) is 23.5. The Hall–Kier alpha value is -3.74. The Bertz CT molecular complexity index is 1800.